The molecule has 2 amide bonds. The van der Waals surface area contributed by atoms with Crippen LogP contribution in [0.5, 0.6) is 0 Å². The first kappa shape index (κ1) is 8.68. The number of aromatic nitrogens is 1. The smallest absolute Gasteiger partial charge is 0.335 e. The second-order valence-electron chi connectivity index (χ2n) is 2.89. The third kappa shape index (κ3) is 1.87. The Bertz CT molecular complexity index is 349. The molecular formula is C9H10N4O. The molecule has 5 heteroatoms. The van der Waals surface area contributed by atoms with E-state index >= 15 is 0 Å². The zero-order valence-corrected chi connectivity index (χ0v) is 7.55. The molecule has 0 saturated carbocycles. The highest BCUT2D eigenvalue weighted by atomic mass is 16.2. The van der Waals surface area contributed by atoms with Crippen molar-refractivity contribution in [3.63, 3.8) is 0 Å². The number of carbonyl (C=O) groups is 1. The predicted molar refractivity (Wildman–Crippen MR) is 51.9 cm³/mol. The quantitative estimate of drug-likeness (QED) is 0.688. The Labute approximate surface area is 81.4 Å². The summed E-state index contributed by atoms with van der Waals surface area (Å²) < 4.78 is 0. The summed E-state index contributed by atoms with van der Waals surface area (Å²) >= 11 is 0. The minimum absolute atomic E-state index is 0.148. The summed E-state index contributed by atoms with van der Waals surface area (Å²) in [4.78, 5) is 15.0. The minimum Gasteiger partial charge on any atom is -0.335 e. The van der Waals surface area contributed by atoms with Crippen molar-refractivity contribution < 1.29 is 4.79 Å². The largest absolute Gasteiger partial charge is 0.337 e. The van der Waals surface area contributed by atoms with E-state index in [-0.39, 0.29) is 6.03 Å². The van der Waals surface area contributed by atoms with Gasteiger partial charge in [0.15, 0.2) is 0 Å². The number of nitrogens with one attached hydrogen (secondary N) is 1. The van der Waals surface area contributed by atoms with Crippen LogP contribution in [0, 0.1) is 0 Å². The van der Waals surface area contributed by atoms with Crippen molar-refractivity contribution in [1.29, 1.82) is 0 Å². The Hall–Kier alpha value is -1.91. The van der Waals surface area contributed by atoms with Gasteiger partial charge in [0.25, 0.3) is 0 Å². The highest BCUT2D eigenvalue weighted by molar-refractivity contribution is 5.82. The average molecular weight is 190 g/mol. The third-order valence-corrected chi connectivity index (χ3v) is 1.86. The van der Waals surface area contributed by atoms with E-state index in [1.807, 2.05) is 12.1 Å². The van der Waals surface area contributed by atoms with Gasteiger partial charge in [-0.05, 0) is 6.07 Å². The minimum atomic E-state index is -0.148. The highest BCUT2D eigenvalue weighted by Gasteiger charge is 2.17. The van der Waals surface area contributed by atoms with Crippen molar-refractivity contribution in [3.8, 4) is 0 Å². The maximum atomic E-state index is 11.1. The van der Waals surface area contributed by atoms with E-state index in [4.69, 9.17) is 0 Å². The van der Waals surface area contributed by atoms with Crippen LogP contribution in [-0.4, -0.2) is 35.3 Å². The van der Waals surface area contributed by atoms with E-state index in [0.29, 0.717) is 13.1 Å². The number of carbonyl (C=O) groups excluding carboxylic acids is 1. The summed E-state index contributed by atoms with van der Waals surface area (Å²) in [6.45, 7) is 1.28. The van der Waals surface area contributed by atoms with Crippen molar-refractivity contribution in [2.75, 3.05) is 13.1 Å². The first-order valence-corrected chi connectivity index (χ1v) is 4.35. The molecule has 1 aliphatic rings. The Morgan fingerprint density at radius 1 is 1.64 bits per heavy atom. The van der Waals surface area contributed by atoms with Gasteiger partial charge >= 0.3 is 6.03 Å². The Balaban J connectivity index is 2.03. The second kappa shape index (κ2) is 3.87. The molecule has 0 bridgehead atoms. The van der Waals surface area contributed by atoms with E-state index in [0.717, 1.165) is 5.56 Å². The molecule has 0 spiro atoms. The highest BCUT2D eigenvalue weighted by Crippen LogP contribution is 1.98. The van der Waals surface area contributed by atoms with Gasteiger partial charge in [0.05, 0.1) is 12.8 Å². The number of nitrogens with zero attached hydrogens (tertiary/aromatic N) is 3. The molecule has 72 valence electrons. The van der Waals surface area contributed by atoms with Crippen LogP contribution in [-0.2, 0) is 0 Å². The third-order valence-electron chi connectivity index (χ3n) is 1.86. The molecule has 0 aromatic carbocycles. The Morgan fingerprint density at radius 2 is 2.57 bits per heavy atom. The van der Waals surface area contributed by atoms with Crippen molar-refractivity contribution in [3.05, 3.63) is 30.1 Å². The van der Waals surface area contributed by atoms with Crippen molar-refractivity contribution in [2.45, 2.75) is 0 Å². The summed E-state index contributed by atoms with van der Waals surface area (Å²) in [6.07, 6.45) is 5.01. The fraction of sp³-hybridized carbons (Fsp3) is 0.222. The van der Waals surface area contributed by atoms with Gasteiger partial charge in [0, 0.05) is 24.5 Å². The van der Waals surface area contributed by atoms with Gasteiger partial charge in [-0.3, -0.25) is 4.98 Å². The molecule has 0 aliphatic carbocycles. The second-order valence-corrected chi connectivity index (χ2v) is 2.89. The summed E-state index contributed by atoms with van der Waals surface area (Å²) in [5.41, 5.74) is 0.882. The van der Waals surface area contributed by atoms with Crippen LogP contribution in [0.1, 0.15) is 5.56 Å². The lowest BCUT2D eigenvalue weighted by Crippen LogP contribution is -2.23. The lowest BCUT2D eigenvalue weighted by molar-refractivity contribution is 0.219. The van der Waals surface area contributed by atoms with Crippen LogP contribution < -0.4 is 5.32 Å². The molecule has 1 saturated heterocycles. The SMILES string of the molecule is O=C1NCCN1N=Cc1cccnc1. The van der Waals surface area contributed by atoms with E-state index in [9.17, 15) is 4.79 Å². The number of rotatable bonds is 2. The van der Waals surface area contributed by atoms with Crippen LogP contribution in [0.4, 0.5) is 4.79 Å². The summed E-state index contributed by atoms with van der Waals surface area (Å²) in [5, 5.41) is 8.09. The maximum Gasteiger partial charge on any atom is 0.337 e. The summed E-state index contributed by atoms with van der Waals surface area (Å²) in [5.74, 6) is 0. The van der Waals surface area contributed by atoms with Gasteiger partial charge in [0.2, 0.25) is 0 Å². The van der Waals surface area contributed by atoms with Crippen LogP contribution >= 0.6 is 0 Å². The molecule has 2 rings (SSSR count). The Kier molecular flexibility index (Phi) is 2.40. The first-order valence-electron chi connectivity index (χ1n) is 4.35. The van der Waals surface area contributed by atoms with Crippen molar-refractivity contribution >= 4 is 12.2 Å². The summed E-state index contributed by atoms with van der Waals surface area (Å²) in [6, 6.07) is 3.56. The molecule has 0 radical (unpaired) electrons. The van der Waals surface area contributed by atoms with E-state index in [1.54, 1.807) is 18.6 Å². The molecule has 1 N–H and O–H groups in total. The normalized spacial score (nSPS) is 16.3. The molecule has 14 heavy (non-hydrogen) atoms. The van der Waals surface area contributed by atoms with Crippen LogP contribution in [0.2, 0.25) is 0 Å². The van der Waals surface area contributed by atoms with Gasteiger partial charge in [0.1, 0.15) is 0 Å². The van der Waals surface area contributed by atoms with E-state index < -0.39 is 0 Å². The van der Waals surface area contributed by atoms with Crippen LogP contribution in [0.25, 0.3) is 0 Å². The molecular weight excluding hydrogens is 180 g/mol. The molecule has 1 aliphatic heterocycles. The van der Waals surface area contributed by atoms with Crippen molar-refractivity contribution in [2.24, 2.45) is 5.10 Å². The maximum absolute atomic E-state index is 11.1. The number of amides is 2. The lowest BCUT2D eigenvalue weighted by Gasteiger charge is -2.04. The van der Waals surface area contributed by atoms with Gasteiger partial charge in [-0.2, -0.15) is 5.10 Å². The molecule has 1 fully saturated rings. The fourth-order valence-corrected chi connectivity index (χ4v) is 1.16. The van der Waals surface area contributed by atoms with Crippen molar-refractivity contribution in [1.82, 2.24) is 15.3 Å². The standard InChI is InChI=1S/C9H10N4O/c14-9-11-4-5-13(9)12-7-8-2-1-3-10-6-8/h1-3,6-7H,4-5H2,(H,11,14). The van der Waals surface area contributed by atoms with E-state index in [1.165, 1.54) is 5.01 Å². The topological polar surface area (TPSA) is 57.6 Å². The fourth-order valence-electron chi connectivity index (χ4n) is 1.16. The van der Waals surface area contributed by atoms with E-state index in [2.05, 4.69) is 15.4 Å². The van der Waals surface area contributed by atoms with Gasteiger partial charge < -0.3 is 5.32 Å². The zero-order chi connectivity index (χ0) is 9.80. The Morgan fingerprint density at radius 3 is 3.21 bits per heavy atom. The summed E-state index contributed by atoms with van der Waals surface area (Å²) in [7, 11) is 0. The number of urea groups is 1. The molecule has 1 aromatic rings. The van der Waals surface area contributed by atoms with Crippen LogP contribution in [0.15, 0.2) is 29.6 Å². The lowest BCUT2D eigenvalue weighted by atomic mass is 10.3. The predicted octanol–water partition coefficient (Wildman–Crippen LogP) is 0.441. The van der Waals surface area contributed by atoms with Crippen LogP contribution in [0.3, 0.4) is 0 Å². The molecule has 5 nitrogen and oxygen atoms in total. The number of pyridine rings is 1. The molecule has 0 unspecified atom stereocenters. The molecule has 2 heterocycles. The monoisotopic (exact) mass is 190 g/mol. The average Bonchev–Trinajstić information content (AvgIpc) is 2.63. The number of hydrogen-bond acceptors (Lipinski definition) is 3. The van der Waals surface area contributed by atoms with Gasteiger partial charge in [-0.25, -0.2) is 9.80 Å². The molecule has 1 aromatic heterocycles. The van der Waals surface area contributed by atoms with Gasteiger partial charge in [-0.1, -0.05) is 6.07 Å². The van der Waals surface area contributed by atoms with Gasteiger partial charge in [-0.15, -0.1) is 0 Å². The number of hydrazone groups is 1. The zero-order valence-electron chi connectivity index (χ0n) is 7.55. The number of hydrogen-bond donors (Lipinski definition) is 1. The first-order chi connectivity index (χ1) is 6.86. The molecule has 0 atom stereocenters.